The summed E-state index contributed by atoms with van der Waals surface area (Å²) in [5, 5.41) is 6.55. The van der Waals surface area contributed by atoms with Crippen molar-refractivity contribution in [2.24, 2.45) is 0 Å². The Morgan fingerprint density at radius 3 is 2.33 bits per heavy atom. The fraction of sp³-hybridized carbons (Fsp3) is 0.238. The van der Waals surface area contributed by atoms with Crippen LogP contribution in [-0.4, -0.2) is 23.6 Å². The van der Waals surface area contributed by atoms with E-state index in [0.29, 0.717) is 19.0 Å². The minimum atomic E-state index is -0.221. The number of ether oxygens (including phenoxy) is 1. The zero-order valence-electron chi connectivity index (χ0n) is 15.5. The lowest BCUT2D eigenvalue weighted by Crippen LogP contribution is -2.10. The zero-order chi connectivity index (χ0) is 19.1. The number of aromatic nitrogens is 2. The van der Waals surface area contributed by atoms with Gasteiger partial charge in [-0.05, 0) is 48.7 Å². The van der Waals surface area contributed by atoms with Gasteiger partial charge < -0.3 is 15.4 Å². The van der Waals surface area contributed by atoms with E-state index in [0.717, 1.165) is 34.8 Å². The monoisotopic (exact) mass is 366 g/mol. The third-order valence-electron chi connectivity index (χ3n) is 4.10. The highest BCUT2D eigenvalue weighted by atomic mass is 19.1. The number of nitrogens with zero attached hydrogens (tertiary/aromatic N) is 2. The van der Waals surface area contributed by atoms with Crippen LogP contribution < -0.4 is 15.4 Å². The molecule has 0 aliphatic carbocycles. The van der Waals surface area contributed by atoms with Crippen molar-refractivity contribution in [1.29, 1.82) is 0 Å². The molecule has 0 amide bonds. The molecule has 0 radical (unpaired) electrons. The van der Waals surface area contributed by atoms with E-state index in [9.17, 15) is 4.39 Å². The third kappa shape index (κ3) is 5.67. The van der Waals surface area contributed by atoms with Crippen LogP contribution >= 0.6 is 0 Å². The lowest BCUT2D eigenvalue weighted by atomic mass is 10.1. The Bertz CT molecular complexity index is 866. The van der Waals surface area contributed by atoms with E-state index in [1.165, 1.54) is 12.1 Å². The molecule has 3 rings (SSSR count). The van der Waals surface area contributed by atoms with Crippen molar-refractivity contribution in [3.63, 3.8) is 0 Å². The van der Waals surface area contributed by atoms with Crippen molar-refractivity contribution < 1.29 is 9.13 Å². The summed E-state index contributed by atoms with van der Waals surface area (Å²) in [6, 6.07) is 16.3. The molecule has 0 bridgehead atoms. The highest BCUT2D eigenvalue weighted by Gasteiger charge is 2.03. The van der Waals surface area contributed by atoms with Gasteiger partial charge in [0.15, 0.2) is 0 Å². The predicted octanol–water partition coefficient (Wildman–Crippen LogP) is 4.20. The molecule has 1 heterocycles. The zero-order valence-corrected chi connectivity index (χ0v) is 15.5. The van der Waals surface area contributed by atoms with Gasteiger partial charge in [0.05, 0.1) is 7.11 Å². The lowest BCUT2D eigenvalue weighted by Gasteiger charge is -2.10. The van der Waals surface area contributed by atoms with Crippen LogP contribution in [0.1, 0.15) is 16.8 Å². The van der Waals surface area contributed by atoms with Crippen molar-refractivity contribution in [2.45, 2.75) is 19.9 Å². The fourth-order valence-electron chi connectivity index (χ4n) is 2.64. The number of methoxy groups -OCH3 is 1. The van der Waals surface area contributed by atoms with Crippen molar-refractivity contribution in [2.75, 3.05) is 24.3 Å². The predicted molar refractivity (Wildman–Crippen MR) is 106 cm³/mol. The van der Waals surface area contributed by atoms with Crippen LogP contribution in [0, 0.1) is 12.7 Å². The molecule has 0 saturated carbocycles. The van der Waals surface area contributed by atoms with Gasteiger partial charge in [-0.25, -0.2) is 9.37 Å². The largest absolute Gasteiger partial charge is 0.497 e. The average Bonchev–Trinajstić information content (AvgIpc) is 2.68. The SMILES string of the molecule is COc1ccc(CNc2cc(C)nc(NCCc3ccc(F)cc3)n2)cc1. The number of hydrogen-bond acceptors (Lipinski definition) is 5. The van der Waals surface area contributed by atoms with E-state index in [1.807, 2.05) is 37.3 Å². The lowest BCUT2D eigenvalue weighted by molar-refractivity contribution is 0.414. The van der Waals surface area contributed by atoms with Gasteiger partial charge in [-0.15, -0.1) is 0 Å². The number of halogens is 1. The Balaban J connectivity index is 1.55. The summed E-state index contributed by atoms with van der Waals surface area (Å²) in [5.74, 6) is 1.96. The first-order chi connectivity index (χ1) is 13.1. The van der Waals surface area contributed by atoms with Crippen LogP contribution in [0.25, 0.3) is 0 Å². The summed E-state index contributed by atoms with van der Waals surface area (Å²) in [6.45, 7) is 3.27. The number of nitrogens with one attached hydrogen (secondary N) is 2. The smallest absolute Gasteiger partial charge is 0.224 e. The van der Waals surface area contributed by atoms with Gasteiger partial charge in [0.25, 0.3) is 0 Å². The van der Waals surface area contributed by atoms with Crippen molar-refractivity contribution in [3.8, 4) is 5.75 Å². The van der Waals surface area contributed by atoms with E-state index in [-0.39, 0.29) is 5.82 Å². The normalized spacial score (nSPS) is 10.5. The molecule has 140 valence electrons. The molecule has 5 nitrogen and oxygen atoms in total. The first-order valence-corrected chi connectivity index (χ1v) is 8.83. The molecule has 27 heavy (non-hydrogen) atoms. The molecule has 2 N–H and O–H groups in total. The number of hydrogen-bond donors (Lipinski definition) is 2. The maximum atomic E-state index is 12.9. The topological polar surface area (TPSA) is 59.1 Å². The number of anilines is 2. The van der Waals surface area contributed by atoms with Gasteiger partial charge in [0, 0.05) is 24.8 Å². The first-order valence-electron chi connectivity index (χ1n) is 8.83. The Labute approximate surface area is 158 Å². The van der Waals surface area contributed by atoms with Crippen LogP contribution in [-0.2, 0) is 13.0 Å². The van der Waals surface area contributed by atoms with Gasteiger partial charge in [-0.3, -0.25) is 0 Å². The molecule has 2 aromatic carbocycles. The minimum absolute atomic E-state index is 0.221. The number of benzene rings is 2. The molecule has 0 unspecified atom stereocenters. The average molecular weight is 366 g/mol. The van der Waals surface area contributed by atoms with Gasteiger partial charge in [-0.2, -0.15) is 4.98 Å². The molecule has 0 fully saturated rings. The first kappa shape index (κ1) is 18.6. The van der Waals surface area contributed by atoms with Crippen LogP contribution in [0.15, 0.2) is 54.6 Å². The van der Waals surface area contributed by atoms with Gasteiger partial charge >= 0.3 is 0 Å². The fourth-order valence-corrected chi connectivity index (χ4v) is 2.64. The van der Waals surface area contributed by atoms with Gasteiger partial charge in [0.1, 0.15) is 17.4 Å². The molecule has 6 heteroatoms. The van der Waals surface area contributed by atoms with Gasteiger partial charge in [0.2, 0.25) is 5.95 Å². The van der Waals surface area contributed by atoms with Crippen LogP contribution in [0.4, 0.5) is 16.2 Å². The van der Waals surface area contributed by atoms with Crippen molar-refractivity contribution in [3.05, 3.63) is 77.2 Å². The molecular weight excluding hydrogens is 343 g/mol. The molecule has 3 aromatic rings. The van der Waals surface area contributed by atoms with Crippen molar-refractivity contribution in [1.82, 2.24) is 9.97 Å². The molecular formula is C21H23FN4O. The number of aryl methyl sites for hydroxylation is 1. The van der Waals surface area contributed by atoms with Crippen molar-refractivity contribution >= 4 is 11.8 Å². The van der Waals surface area contributed by atoms with E-state index in [2.05, 4.69) is 20.6 Å². The standard InChI is InChI=1S/C21H23FN4O/c1-15-13-20(24-14-17-5-9-19(27-2)10-6-17)26-21(25-15)23-12-11-16-3-7-18(22)8-4-16/h3-10,13H,11-12,14H2,1-2H3,(H2,23,24,25,26). The van der Waals surface area contributed by atoms with Crippen LogP contribution in [0.5, 0.6) is 5.75 Å². The molecule has 0 saturated heterocycles. The number of rotatable bonds is 8. The Kier molecular flexibility index (Phi) is 6.20. The van der Waals surface area contributed by atoms with E-state index < -0.39 is 0 Å². The highest BCUT2D eigenvalue weighted by molar-refractivity contribution is 5.43. The molecule has 0 spiro atoms. The van der Waals surface area contributed by atoms with E-state index in [1.54, 1.807) is 19.2 Å². The summed E-state index contributed by atoms with van der Waals surface area (Å²) in [4.78, 5) is 8.93. The van der Waals surface area contributed by atoms with Gasteiger partial charge in [-0.1, -0.05) is 24.3 Å². The Morgan fingerprint density at radius 1 is 0.926 bits per heavy atom. The van der Waals surface area contributed by atoms with Crippen LogP contribution in [0.2, 0.25) is 0 Å². The van der Waals surface area contributed by atoms with E-state index >= 15 is 0 Å². The summed E-state index contributed by atoms with van der Waals surface area (Å²) in [7, 11) is 1.65. The summed E-state index contributed by atoms with van der Waals surface area (Å²) < 4.78 is 18.1. The quantitative estimate of drug-likeness (QED) is 0.626. The summed E-state index contributed by atoms with van der Waals surface area (Å²) in [6.07, 6.45) is 0.770. The van der Waals surface area contributed by atoms with E-state index in [4.69, 9.17) is 4.74 Å². The summed E-state index contributed by atoms with van der Waals surface area (Å²) >= 11 is 0. The molecule has 1 aromatic heterocycles. The summed E-state index contributed by atoms with van der Waals surface area (Å²) in [5.41, 5.74) is 3.08. The second kappa shape index (κ2) is 8.98. The molecule has 0 aliphatic rings. The molecule has 0 atom stereocenters. The molecule has 0 aliphatic heterocycles. The maximum Gasteiger partial charge on any atom is 0.224 e. The highest BCUT2D eigenvalue weighted by Crippen LogP contribution is 2.14. The Hall–Kier alpha value is -3.15. The Morgan fingerprint density at radius 2 is 1.63 bits per heavy atom. The third-order valence-corrected chi connectivity index (χ3v) is 4.10. The van der Waals surface area contributed by atoms with Crippen LogP contribution in [0.3, 0.4) is 0 Å². The second-order valence-electron chi connectivity index (χ2n) is 6.22. The maximum absolute atomic E-state index is 12.9. The minimum Gasteiger partial charge on any atom is -0.497 e. The second-order valence-corrected chi connectivity index (χ2v) is 6.22.